The molecule has 0 aliphatic heterocycles. The highest BCUT2D eigenvalue weighted by molar-refractivity contribution is 7.14. The number of aryl methyl sites for hydroxylation is 1. The number of amides is 1. The van der Waals surface area contributed by atoms with Crippen LogP contribution in [0.4, 0.5) is 10.9 Å². The third-order valence-corrected chi connectivity index (χ3v) is 3.66. The molecule has 0 saturated carbocycles. The number of thiazole rings is 1. The summed E-state index contributed by atoms with van der Waals surface area (Å²) in [5.74, 6) is 0.706. The average molecular weight is 290 g/mol. The Labute approximate surface area is 122 Å². The molecule has 106 valence electrons. The predicted molar refractivity (Wildman–Crippen MR) is 81.6 cm³/mol. The maximum absolute atomic E-state index is 12.2. The van der Waals surface area contributed by atoms with Gasteiger partial charge in [0.2, 0.25) is 0 Å². The molecule has 1 N–H and O–H groups in total. The van der Waals surface area contributed by atoms with Crippen molar-refractivity contribution in [1.82, 2.24) is 14.9 Å². The van der Waals surface area contributed by atoms with Gasteiger partial charge in [0, 0.05) is 24.2 Å². The summed E-state index contributed by atoms with van der Waals surface area (Å²) < 4.78 is 0. The van der Waals surface area contributed by atoms with Crippen molar-refractivity contribution in [2.75, 3.05) is 18.4 Å². The minimum Gasteiger partial charge on any atom is -0.338 e. The lowest BCUT2D eigenvalue weighted by molar-refractivity contribution is 0.0768. The van der Waals surface area contributed by atoms with Crippen molar-refractivity contribution in [3.05, 3.63) is 35.0 Å². The van der Waals surface area contributed by atoms with E-state index in [1.807, 2.05) is 39.0 Å². The van der Waals surface area contributed by atoms with Crippen molar-refractivity contribution < 1.29 is 4.79 Å². The molecule has 2 heterocycles. The van der Waals surface area contributed by atoms with Gasteiger partial charge in [-0.3, -0.25) is 4.79 Å². The fourth-order valence-corrected chi connectivity index (χ4v) is 2.52. The largest absolute Gasteiger partial charge is 0.338 e. The SMILES string of the molecule is CCN(CC)C(=O)c1csc(Nc2cccc(C)n2)n1. The molecule has 0 aliphatic carbocycles. The lowest BCUT2D eigenvalue weighted by Crippen LogP contribution is -2.30. The molecule has 2 aromatic rings. The van der Waals surface area contributed by atoms with Crippen molar-refractivity contribution in [3.63, 3.8) is 0 Å². The second-order valence-corrected chi connectivity index (χ2v) is 5.16. The summed E-state index contributed by atoms with van der Waals surface area (Å²) in [4.78, 5) is 22.6. The monoisotopic (exact) mass is 290 g/mol. The van der Waals surface area contributed by atoms with Gasteiger partial charge in [0.1, 0.15) is 11.5 Å². The third-order valence-electron chi connectivity index (χ3n) is 2.90. The van der Waals surface area contributed by atoms with Gasteiger partial charge in [-0.05, 0) is 32.9 Å². The third kappa shape index (κ3) is 3.33. The number of nitrogens with one attached hydrogen (secondary N) is 1. The van der Waals surface area contributed by atoms with Gasteiger partial charge in [-0.15, -0.1) is 11.3 Å². The molecule has 2 rings (SSSR count). The summed E-state index contributed by atoms with van der Waals surface area (Å²) >= 11 is 1.41. The Kier molecular flexibility index (Phi) is 4.68. The van der Waals surface area contributed by atoms with Crippen LogP contribution in [0.5, 0.6) is 0 Å². The van der Waals surface area contributed by atoms with E-state index in [4.69, 9.17) is 0 Å². The van der Waals surface area contributed by atoms with E-state index in [0.717, 1.165) is 11.5 Å². The van der Waals surface area contributed by atoms with E-state index >= 15 is 0 Å². The Morgan fingerprint density at radius 3 is 2.70 bits per heavy atom. The van der Waals surface area contributed by atoms with E-state index in [2.05, 4.69) is 15.3 Å². The van der Waals surface area contributed by atoms with Crippen LogP contribution in [-0.2, 0) is 0 Å². The lowest BCUT2D eigenvalue weighted by Gasteiger charge is -2.16. The quantitative estimate of drug-likeness (QED) is 0.919. The highest BCUT2D eigenvalue weighted by Gasteiger charge is 2.16. The van der Waals surface area contributed by atoms with Gasteiger partial charge in [-0.25, -0.2) is 9.97 Å². The number of rotatable bonds is 5. The van der Waals surface area contributed by atoms with Crippen molar-refractivity contribution in [2.24, 2.45) is 0 Å². The summed E-state index contributed by atoms with van der Waals surface area (Å²) in [6.45, 7) is 7.24. The lowest BCUT2D eigenvalue weighted by atomic mass is 10.4. The van der Waals surface area contributed by atoms with E-state index < -0.39 is 0 Å². The molecule has 1 amide bonds. The zero-order valence-electron chi connectivity index (χ0n) is 11.9. The van der Waals surface area contributed by atoms with Crippen molar-refractivity contribution in [2.45, 2.75) is 20.8 Å². The van der Waals surface area contributed by atoms with Gasteiger partial charge in [0.25, 0.3) is 5.91 Å². The topological polar surface area (TPSA) is 58.1 Å². The number of hydrogen-bond acceptors (Lipinski definition) is 5. The van der Waals surface area contributed by atoms with E-state index in [1.165, 1.54) is 11.3 Å². The van der Waals surface area contributed by atoms with E-state index in [0.29, 0.717) is 23.9 Å². The molecule has 2 aromatic heterocycles. The van der Waals surface area contributed by atoms with Crippen LogP contribution in [0.1, 0.15) is 30.0 Å². The standard InChI is InChI=1S/C14H18N4OS/c1-4-18(5-2)13(19)11-9-20-14(16-11)17-12-8-6-7-10(3)15-12/h6-9H,4-5H2,1-3H3,(H,15,16,17). The molecule has 0 atom stereocenters. The minimum absolute atomic E-state index is 0.0310. The number of pyridine rings is 1. The number of anilines is 2. The smallest absolute Gasteiger partial charge is 0.273 e. The molecule has 0 unspecified atom stereocenters. The summed E-state index contributed by atoms with van der Waals surface area (Å²) in [5.41, 5.74) is 1.42. The predicted octanol–water partition coefficient (Wildman–Crippen LogP) is 3.07. The summed E-state index contributed by atoms with van der Waals surface area (Å²) in [6.07, 6.45) is 0. The van der Waals surface area contributed by atoms with Crippen LogP contribution in [0.3, 0.4) is 0 Å². The normalized spacial score (nSPS) is 10.3. The second kappa shape index (κ2) is 6.47. The number of carbonyl (C=O) groups excluding carboxylic acids is 1. The van der Waals surface area contributed by atoms with Gasteiger partial charge in [-0.2, -0.15) is 0 Å². The van der Waals surface area contributed by atoms with Crippen LogP contribution < -0.4 is 5.32 Å². The zero-order chi connectivity index (χ0) is 14.5. The Balaban J connectivity index is 2.11. The highest BCUT2D eigenvalue weighted by atomic mass is 32.1. The molecule has 0 bridgehead atoms. The Morgan fingerprint density at radius 1 is 1.30 bits per heavy atom. The Morgan fingerprint density at radius 2 is 2.05 bits per heavy atom. The molecule has 0 aromatic carbocycles. The molecule has 6 heteroatoms. The number of nitrogens with zero attached hydrogens (tertiary/aromatic N) is 3. The highest BCUT2D eigenvalue weighted by Crippen LogP contribution is 2.20. The van der Waals surface area contributed by atoms with Crippen LogP contribution in [0.15, 0.2) is 23.6 Å². The van der Waals surface area contributed by atoms with Crippen LogP contribution in [-0.4, -0.2) is 33.9 Å². The molecule has 0 saturated heterocycles. The van der Waals surface area contributed by atoms with Crippen LogP contribution in [0.25, 0.3) is 0 Å². The van der Waals surface area contributed by atoms with Gasteiger partial charge < -0.3 is 10.2 Å². The maximum Gasteiger partial charge on any atom is 0.273 e. The van der Waals surface area contributed by atoms with Crippen molar-refractivity contribution >= 4 is 28.2 Å². The molecule has 5 nitrogen and oxygen atoms in total. The first kappa shape index (κ1) is 14.5. The molecule has 0 spiro atoms. The van der Waals surface area contributed by atoms with Crippen molar-refractivity contribution in [3.8, 4) is 0 Å². The average Bonchev–Trinajstić information content (AvgIpc) is 2.88. The van der Waals surface area contributed by atoms with Crippen LogP contribution >= 0.6 is 11.3 Å². The molecule has 20 heavy (non-hydrogen) atoms. The first-order valence-corrected chi connectivity index (χ1v) is 7.47. The van der Waals surface area contributed by atoms with E-state index in [1.54, 1.807) is 10.3 Å². The number of carbonyl (C=O) groups is 1. The molecule has 0 fully saturated rings. The summed E-state index contributed by atoms with van der Waals surface area (Å²) in [7, 11) is 0. The van der Waals surface area contributed by atoms with Gasteiger partial charge in [-0.1, -0.05) is 6.07 Å². The maximum atomic E-state index is 12.2. The first-order chi connectivity index (χ1) is 9.63. The van der Waals surface area contributed by atoms with Gasteiger partial charge in [0.05, 0.1) is 0 Å². The van der Waals surface area contributed by atoms with Crippen LogP contribution in [0.2, 0.25) is 0 Å². The second-order valence-electron chi connectivity index (χ2n) is 4.30. The Bertz CT molecular complexity index is 592. The minimum atomic E-state index is -0.0310. The number of aromatic nitrogens is 2. The van der Waals surface area contributed by atoms with Gasteiger partial charge >= 0.3 is 0 Å². The Hall–Kier alpha value is -1.95. The van der Waals surface area contributed by atoms with Gasteiger partial charge in [0.15, 0.2) is 5.13 Å². The van der Waals surface area contributed by atoms with E-state index in [9.17, 15) is 4.79 Å². The van der Waals surface area contributed by atoms with Crippen LogP contribution in [0, 0.1) is 6.92 Å². The zero-order valence-corrected chi connectivity index (χ0v) is 12.7. The first-order valence-electron chi connectivity index (χ1n) is 6.59. The molecular formula is C14H18N4OS. The van der Waals surface area contributed by atoms with E-state index in [-0.39, 0.29) is 5.91 Å². The number of hydrogen-bond donors (Lipinski definition) is 1. The fourth-order valence-electron chi connectivity index (χ4n) is 1.82. The van der Waals surface area contributed by atoms with Crippen molar-refractivity contribution in [1.29, 1.82) is 0 Å². The molecule has 0 radical (unpaired) electrons. The summed E-state index contributed by atoms with van der Waals surface area (Å²) in [5, 5.41) is 5.58. The molecular weight excluding hydrogens is 272 g/mol. The molecule has 0 aliphatic rings. The summed E-state index contributed by atoms with van der Waals surface area (Å²) in [6, 6.07) is 5.74. The fraction of sp³-hybridized carbons (Fsp3) is 0.357.